The smallest absolute Gasteiger partial charge is 0.341 e. The van der Waals surface area contributed by atoms with Crippen LogP contribution in [-0.4, -0.2) is 42.6 Å². The summed E-state index contributed by atoms with van der Waals surface area (Å²) in [6.07, 6.45) is 1.43. The van der Waals surface area contributed by atoms with Crippen LogP contribution in [0.1, 0.15) is 11.1 Å². The number of carbonyl (C=O) groups excluding carboxylic acids is 1. The van der Waals surface area contributed by atoms with Crippen molar-refractivity contribution in [2.24, 2.45) is 10.2 Å². The van der Waals surface area contributed by atoms with E-state index in [1.165, 1.54) is 11.1 Å². The number of rotatable bonds is 5. The van der Waals surface area contributed by atoms with Crippen molar-refractivity contribution < 1.29 is 19.4 Å². The van der Waals surface area contributed by atoms with E-state index in [2.05, 4.69) is 10.2 Å². The number of para-hydroxylation sites is 2. The molecule has 0 atom stereocenters. The molecule has 1 amide bonds. The highest BCUT2D eigenvalue weighted by Gasteiger charge is 2.30. The molecule has 7 heteroatoms. The number of hydrogen-bond donors (Lipinski definition) is 1. The third kappa shape index (κ3) is 3.40. The van der Waals surface area contributed by atoms with E-state index >= 15 is 0 Å². The second-order valence-corrected chi connectivity index (χ2v) is 5.29. The van der Waals surface area contributed by atoms with Gasteiger partial charge in [-0.05, 0) is 18.2 Å². The Balaban J connectivity index is 1.85. The van der Waals surface area contributed by atoms with Gasteiger partial charge < -0.3 is 14.7 Å². The normalized spacial score (nSPS) is 15.0. The van der Waals surface area contributed by atoms with E-state index in [0.29, 0.717) is 11.3 Å². The number of nitrogens with zero attached hydrogens (tertiary/aromatic N) is 3. The molecule has 0 radical (unpaired) electrons. The fraction of sp³-hybridized carbons (Fsp3) is 0.111. The van der Waals surface area contributed by atoms with Crippen molar-refractivity contribution in [3.05, 3.63) is 59.7 Å². The van der Waals surface area contributed by atoms with Gasteiger partial charge in [-0.2, -0.15) is 5.10 Å². The van der Waals surface area contributed by atoms with Crippen LogP contribution in [-0.2, 0) is 9.59 Å². The largest absolute Gasteiger partial charge is 0.481 e. The van der Waals surface area contributed by atoms with E-state index in [-0.39, 0.29) is 11.6 Å². The van der Waals surface area contributed by atoms with Crippen LogP contribution >= 0.6 is 0 Å². The number of fused-ring (bicyclic) bond motifs is 1. The molecule has 1 N–H and O–H groups in total. The first-order chi connectivity index (χ1) is 12.1. The van der Waals surface area contributed by atoms with E-state index in [4.69, 9.17) is 9.84 Å². The Labute approximate surface area is 143 Å². The molecule has 1 aliphatic rings. The van der Waals surface area contributed by atoms with Crippen LogP contribution in [0.2, 0.25) is 0 Å². The van der Waals surface area contributed by atoms with Gasteiger partial charge in [0.05, 0.1) is 11.9 Å². The molecule has 0 aromatic heterocycles. The number of anilines is 1. The predicted octanol–water partition coefficient (Wildman–Crippen LogP) is 1.95. The number of likely N-dealkylation sites (N-methyl/N-ethyl adjacent to an activating group) is 1. The van der Waals surface area contributed by atoms with Crippen LogP contribution in [0.25, 0.3) is 0 Å². The van der Waals surface area contributed by atoms with Crippen LogP contribution in [0, 0.1) is 0 Å². The molecule has 0 bridgehead atoms. The number of carboxylic acids is 1. The van der Waals surface area contributed by atoms with Gasteiger partial charge in [-0.25, -0.2) is 4.79 Å². The first kappa shape index (κ1) is 16.4. The highest BCUT2D eigenvalue weighted by molar-refractivity contribution is 6.54. The first-order valence-corrected chi connectivity index (χ1v) is 7.50. The standard InChI is InChI=1S/C18H15N3O4/c1-21-14-8-4-3-7-13(14)17(18(21)24)20-19-10-12-6-2-5-9-15(12)25-11-16(22)23/h2-10H,11H2,1H3,(H,22,23). The Hall–Kier alpha value is -3.48. The fourth-order valence-electron chi connectivity index (χ4n) is 2.45. The monoisotopic (exact) mass is 337 g/mol. The Morgan fingerprint density at radius 3 is 2.72 bits per heavy atom. The average molecular weight is 337 g/mol. The van der Waals surface area contributed by atoms with E-state index in [1.807, 2.05) is 24.3 Å². The highest BCUT2D eigenvalue weighted by atomic mass is 16.5. The number of carbonyl (C=O) groups is 2. The molecule has 0 spiro atoms. The van der Waals surface area contributed by atoms with E-state index in [1.54, 1.807) is 31.3 Å². The number of ether oxygens (including phenoxy) is 1. The minimum absolute atomic E-state index is 0.228. The molecule has 0 saturated heterocycles. The van der Waals surface area contributed by atoms with Crippen molar-refractivity contribution in [3.63, 3.8) is 0 Å². The fourth-order valence-corrected chi connectivity index (χ4v) is 2.45. The van der Waals surface area contributed by atoms with Crippen molar-refractivity contribution >= 4 is 29.5 Å². The van der Waals surface area contributed by atoms with Crippen molar-refractivity contribution in [1.29, 1.82) is 0 Å². The summed E-state index contributed by atoms with van der Waals surface area (Å²) < 4.78 is 5.20. The summed E-state index contributed by atoms with van der Waals surface area (Å²) in [7, 11) is 1.68. The third-order valence-corrected chi connectivity index (χ3v) is 3.65. The summed E-state index contributed by atoms with van der Waals surface area (Å²) in [4.78, 5) is 24.4. The van der Waals surface area contributed by atoms with Gasteiger partial charge in [0.15, 0.2) is 12.3 Å². The lowest BCUT2D eigenvalue weighted by atomic mass is 10.1. The van der Waals surface area contributed by atoms with Gasteiger partial charge in [0.1, 0.15) is 5.75 Å². The molecule has 2 aromatic rings. The molecule has 7 nitrogen and oxygen atoms in total. The van der Waals surface area contributed by atoms with Crippen molar-refractivity contribution in [2.75, 3.05) is 18.6 Å². The molecule has 126 valence electrons. The zero-order valence-corrected chi connectivity index (χ0v) is 13.4. The Kier molecular flexibility index (Phi) is 4.56. The summed E-state index contributed by atoms with van der Waals surface area (Å²) in [6, 6.07) is 14.2. The van der Waals surface area contributed by atoms with Crippen molar-refractivity contribution in [1.82, 2.24) is 0 Å². The lowest BCUT2D eigenvalue weighted by molar-refractivity contribution is -0.139. The molecule has 2 aromatic carbocycles. The average Bonchev–Trinajstić information content (AvgIpc) is 2.86. The number of carboxylic acid groups (broad SMARTS) is 1. The van der Waals surface area contributed by atoms with Gasteiger partial charge in [-0.3, -0.25) is 4.79 Å². The predicted molar refractivity (Wildman–Crippen MR) is 93.6 cm³/mol. The molecule has 0 fully saturated rings. The van der Waals surface area contributed by atoms with Crippen molar-refractivity contribution in [2.45, 2.75) is 0 Å². The lowest BCUT2D eigenvalue weighted by Gasteiger charge is -2.07. The van der Waals surface area contributed by atoms with Crippen LogP contribution in [0.3, 0.4) is 0 Å². The maximum atomic E-state index is 12.3. The van der Waals surface area contributed by atoms with Gasteiger partial charge in [-0.1, -0.05) is 30.3 Å². The molecule has 1 heterocycles. The molecule has 0 saturated carbocycles. The van der Waals surface area contributed by atoms with E-state index < -0.39 is 12.6 Å². The lowest BCUT2D eigenvalue weighted by Crippen LogP contribution is -2.25. The number of benzene rings is 2. The first-order valence-electron chi connectivity index (χ1n) is 7.50. The van der Waals surface area contributed by atoms with Crippen LogP contribution in [0.4, 0.5) is 5.69 Å². The van der Waals surface area contributed by atoms with Crippen LogP contribution in [0.5, 0.6) is 5.75 Å². The second kappa shape index (κ2) is 6.96. The third-order valence-electron chi connectivity index (χ3n) is 3.65. The summed E-state index contributed by atoms with van der Waals surface area (Å²) in [5.41, 5.74) is 2.34. The van der Waals surface area contributed by atoms with Crippen LogP contribution < -0.4 is 9.64 Å². The number of aliphatic carboxylic acids is 1. The minimum Gasteiger partial charge on any atom is -0.481 e. The Morgan fingerprint density at radius 2 is 1.92 bits per heavy atom. The van der Waals surface area contributed by atoms with E-state index in [9.17, 15) is 9.59 Å². The summed E-state index contributed by atoms with van der Waals surface area (Å²) in [6.45, 7) is -0.448. The molecular weight excluding hydrogens is 322 g/mol. The zero-order valence-electron chi connectivity index (χ0n) is 13.4. The Morgan fingerprint density at radius 1 is 1.20 bits per heavy atom. The van der Waals surface area contributed by atoms with Crippen molar-refractivity contribution in [3.8, 4) is 5.75 Å². The topological polar surface area (TPSA) is 91.6 Å². The highest BCUT2D eigenvalue weighted by Crippen LogP contribution is 2.27. The number of amides is 1. The summed E-state index contributed by atoms with van der Waals surface area (Å²) in [5.74, 6) is -0.916. The van der Waals surface area contributed by atoms with Gasteiger partial charge in [0, 0.05) is 18.2 Å². The van der Waals surface area contributed by atoms with Gasteiger partial charge in [-0.15, -0.1) is 5.10 Å². The molecule has 0 unspecified atom stereocenters. The molecule has 3 rings (SSSR count). The van der Waals surface area contributed by atoms with Gasteiger partial charge in [0.2, 0.25) is 0 Å². The maximum absolute atomic E-state index is 12.3. The minimum atomic E-state index is -1.07. The quantitative estimate of drug-likeness (QED) is 0.667. The molecule has 1 aliphatic heterocycles. The number of hydrogen-bond acceptors (Lipinski definition) is 5. The Bertz CT molecular complexity index is 889. The summed E-state index contributed by atoms with van der Waals surface area (Å²) in [5, 5.41) is 16.7. The summed E-state index contributed by atoms with van der Waals surface area (Å²) >= 11 is 0. The van der Waals surface area contributed by atoms with Crippen LogP contribution in [0.15, 0.2) is 58.7 Å². The van der Waals surface area contributed by atoms with E-state index in [0.717, 1.165) is 11.3 Å². The SMILES string of the molecule is CN1C(=O)C(=NN=Cc2ccccc2OCC(=O)O)c2ccccc21. The van der Waals surface area contributed by atoms with Gasteiger partial charge >= 0.3 is 5.97 Å². The van der Waals surface area contributed by atoms with Gasteiger partial charge in [0.25, 0.3) is 5.91 Å². The molecule has 0 aliphatic carbocycles. The maximum Gasteiger partial charge on any atom is 0.341 e. The molecule has 25 heavy (non-hydrogen) atoms. The second-order valence-electron chi connectivity index (χ2n) is 5.29. The zero-order chi connectivity index (χ0) is 17.8. The molecular formula is C18H15N3O4.